The number of methoxy groups -OCH3 is 2. The molecule has 0 aliphatic carbocycles. The molecule has 6 amide bonds. The van der Waals surface area contributed by atoms with Crippen LogP contribution >= 0.6 is 0 Å². The number of hydrogen-bond acceptors (Lipinski definition) is 22. The number of nitrogens with zero attached hydrogens (tertiary/aromatic N) is 4. The van der Waals surface area contributed by atoms with Crippen LogP contribution in [-0.2, 0) is 84.8 Å². The van der Waals surface area contributed by atoms with Gasteiger partial charge in [0.25, 0.3) is 11.8 Å². The fourth-order valence-corrected chi connectivity index (χ4v) is 10.8. The summed E-state index contributed by atoms with van der Waals surface area (Å²) in [6.07, 6.45) is 4.85. The summed E-state index contributed by atoms with van der Waals surface area (Å²) in [6.45, 7) is 15.1. The van der Waals surface area contributed by atoms with E-state index in [-0.39, 0.29) is 106 Å². The molecule has 0 saturated carbocycles. The van der Waals surface area contributed by atoms with Gasteiger partial charge in [-0.3, -0.25) is 67.6 Å². The predicted molar refractivity (Wildman–Crippen MR) is 331 cm³/mol. The smallest absolute Gasteiger partial charge is 0.253 e. The van der Waals surface area contributed by atoms with Gasteiger partial charge in [-0.2, -0.15) is 32.9 Å². The highest BCUT2D eigenvalue weighted by molar-refractivity contribution is 6.12. The number of likely N-dealkylation sites (N-methyl/N-ethyl adjacent to an activating group) is 2. The van der Waals surface area contributed by atoms with Crippen LogP contribution in [0.15, 0.2) is 72.8 Å². The molecule has 502 valence electrons. The maximum absolute atomic E-state index is 14.5. The average Bonchev–Trinajstić information content (AvgIpc) is 3.87. The number of carbonyl (C=O) groups is 6. The summed E-state index contributed by atoms with van der Waals surface area (Å²) < 4.78 is 17.9. The van der Waals surface area contributed by atoms with Crippen LogP contribution in [0.2, 0.25) is 0 Å². The predicted octanol–water partition coefficient (Wildman–Crippen LogP) is 3.10. The summed E-state index contributed by atoms with van der Waals surface area (Å²) in [4.78, 5) is 119. The van der Waals surface area contributed by atoms with Gasteiger partial charge in [-0.25, -0.2) is 0 Å². The minimum Gasteiger partial charge on any atom is -0.379 e. The first-order valence-corrected chi connectivity index (χ1v) is 31.1. The van der Waals surface area contributed by atoms with E-state index in [9.17, 15) is 28.8 Å². The summed E-state index contributed by atoms with van der Waals surface area (Å²) in [5, 5.41) is 5.71. The van der Waals surface area contributed by atoms with E-state index in [2.05, 4.69) is 57.4 Å². The van der Waals surface area contributed by atoms with Crippen molar-refractivity contribution in [3.05, 3.63) is 83.9 Å². The molecular formula is C62H104N12O15. The number of hydrogen-bond donors (Lipinski definition) is 8. The Hall–Kier alpha value is -5.44. The molecule has 8 N–H and O–H groups in total. The first-order valence-electron chi connectivity index (χ1n) is 31.1. The second kappa shape index (κ2) is 42.6. The van der Waals surface area contributed by atoms with E-state index in [1.54, 1.807) is 26.2 Å². The first kappa shape index (κ1) is 76.0. The van der Waals surface area contributed by atoms with Crippen LogP contribution in [0.3, 0.4) is 0 Å². The van der Waals surface area contributed by atoms with E-state index < -0.39 is 48.9 Å². The lowest BCUT2D eigenvalue weighted by molar-refractivity contribution is -0.178. The van der Waals surface area contributed by atoms with Crippen molar-refractivity contribution in [2.75, 3.05) is 88.5 Å². The SMILES string of the molecule is CC[C@H](C)[C@@H]([C@@H](CC(=O)N1CCC[C@H]1[C@@H](OC)[C@@H](C)ON[C@H](Cc1ccccc1)ONCCOCNOCNO[C@@H](Cc1ccccc1)NOCNOCNC(=O)CCCCCN1C(=O)C=CC1=O)OC)N(C)C(=O)[C@@H](NC(=O)[C@H](C(C)C)N(C)C)C(C)C. The zero-order valence-corrected chi connectivity index (χ0v) is 54.5. The molecule has 0 unspecified atom stereocenters. The van der Waals surface area contributed by atoms with Gasteiger partial charge in [0.15, 0.2) is 12.5 Å². The molecule has 0 spiro atoms. The molecule has 1 saturated heterocycles. The van der Waals surface area contributed by atoms with Crippen molar-refractivity contribution in [2.45, 2.75) is 168 Å². The van der Waals surface area contributed by atoms with Gasteiger partial charge >= 0.3 is 0 Å². The Kier molecular flexibility index (Phi) is 36.4. The molecule has 0 radical (unpaired) electrons. The minimum absolute atomic E-state index is 0.0294. The topological polar surface area (TPSA) is 295 Å². The number of imide groups is 1. The lowest BCUT2D eigenvalue weighted by Gasteiger charge is -2.41. The van der Waals surface area contributed by atoms with Crippen molar-refractivity contribution in [3.8, 4) is 0 Å². The number of rotatable bonds is 48. The molecule has 2 aromatic rings. The fraction of sp³-hybridized carbons (Fsp3) is 0.677. The summed E-state index contributed by atoms with van der Waals surface area (Å²) in [5.41, 5.74) is 18.9. The molecular weight excluding hydrogens is 1150 g/mol. The van der Waals surface area contributed by atoms with E-state index in [1.807, 2.05) is 119 Å². The zero-order chi connectivity index (χ0) is 65.1. The van der Waals surface area contributed by atoms with Crippen LogP contribution in [0, 0.1) is 17.8 Å². The number of nitrogens with one attached hydrogen (secondary N) is 8. The second-order valence-electron chi connectivity index (χ2n) is 23.2. The highest BCUT2D eigenvalue weighted by Crippen LogP contribution is 2.29. The summed E-state index contributed by atoms with van der Waals surface area (Å²) in [7, 11) is 8.65. The standard InChI is InChI=1S/C62H104N12O15/c1-13-45(6)59(72(10)62(80)57(43(2)3)68-61(79)58(44(4)5)71(8)9)50(81-11)38-56(78)73-34-23-28-49(73)60(82-12)46(7)87-70-53(37-48-26-19-15-20-27-48)88-64-32-35-83-40-65-85-42-67-89-52(36-47-24-17-14-18-25-47)69-86-41-66-84-39-63-51(75)29-21-16-22-33-74-54(76)30-31-55(74)77/h14-15,17-20,24-27,30-31,43-46,49-50,52-53,57-60,64-67,69-70H,13,16,21-23,28-29,32-42H2,1-12H3,(H,63,75)(H,68,79)/t45-,46+,49-,50+,52-,53-,57-,58-,59-,60-/m0/s1. The van der Waals surface area contributed by atoms with Gasteiger partial charge in [-0.15, -0.1) is 0 Å². The third kappa shape index (κ3) is 27.1. The van der Waals surface area contributed by atoms with Crippen molar-refractivity contribution in [1.29, 1.82) is 0 Å². The minimum atomic E-state index is -0.777. The van der Waals surface area contributed by atoms with Gasteiger partial charge in [-0.1, -0.05) is 115 Å². The Morgan fingerprint density at radius 2 is 1.31 bits per heavy atom. The molecule has 2 heterocycles. The van der Waals surface area contributed by atoms with Gasteiger partial charge in [-0.05, 0) is 75.6 Å². The van der Waals surface area contributed by atoms with Crippen LogP contribution in [-0.4, -0.2) is 199 Å². The number of hydroxylamine groups is 6. The van der Waals surface area contributed by atoms with E-state index >= 15 is 0 Å². The maximum Gasteiger partial charge on any atom is 0.253 e. The van der Waals surface area contributed by atoms with Crippen LogP contribution in [0.5, 0.6) is 0 Å². The second-order valence-corrected chi connectivity index (χ2v) is 23.2. The van der Waals surface area contributed by atoms with Crippen molar-refractivity contribution in [3.63, 3.8) is 0 Å². The lowest BCUT2D eigenvalue weighted by Crippen LogP contribution is -2.59. The van der Waals surface area contributed by atoms with E-state index in [0.717, 1.165) is 24.0 Å². The largest absolute Gasteiger partial charge is 0.379 e. The summed E-state index contributed by atoms with van der Waals surface area (Å²) in [5.74, 6) is -1.57. The lowest BCUT2D eigenvalue weighted by atomic mass is 9.89. The van der Waals surface area contributed by atoms with Crippen LogP contribution in [0.1, 0.15) is 111 Å². The fourth-order valence-electron chi connectivity index (χ4n) is 10.8. The molecule has 4 rings (SSSR count). The average molecular weight is 1260 g/mol. The first-order chi connectivity index (χ1) is 42.8. The summed E-state index contributed by atoms with van der Waals surface area (Å²) >= 11 is 0. The quantitative estimate of drug-likeness (QED) is 0.0204. The number of unbranched alkanes of at least 4 members (excludes halogenated alkanes) is 2. The van der Waals surface area contributed by atoms with Crippen LogP contribution in [0.4, 0.5) is 0 Å². The molecule has 27 nitrogen and oxygen atoms in total. The molecule has 0 bridgehead atoms. The van der Waals surface area contributed by atoms with Gasteiger partial charge in [0.1, 0.15) is 45.2 Å². The van der Waals surface area contributed by atoms with E-state index in [0.29, 0.717) is 58.2 Å². The highest BCUT2D eigenvalue weighted by Gasteiger charge is 2.43. The van der Waals surface area contributed by atoms with Crippen molar-refractivity contribution in [1.82, 2.24) is 63.1 Å². The molecule has 27 heteroatoms. The van der Waals surface area contributed by atoms with Gasteiger partial charge in [0, 0.05) is 72.3 Å². The third-order valence-corrected chi connectivity index (χ3v) is 15.6. The van der Waals surface area contributed by atoms with Gasteiger partial charge in [0.05, 0.1) is 37.3 Å². The number of ether oxygens (including phenoxy) is 3. The zero-order valence-electron chi connectivity index (χ0n) is 54.5. The Bertz CT molecular complexity index is 2360. The molecule has 1 fully saturated rings. The number of carbonyl (C=O) groups excluding carboxylic acids is 6. The van der Waals surface area contributed by atoms with Gasteiger partial charge in [0.2, 0.25) is 23.6 Å². The van der Waals surface area contributed by atoms with E-state index in [4.69, 9.17) is 43.2 Å². The molecule has 10 atom stereocenters. The summed E-state index contributed by atoms with van der Waals surface area (Å²) in [6, 6.07) is 17.5. The molecule has 2 aromatic carbocycles. The molecule has 2 aliphatic rings. The van der Waals surface area contributed by atoms with Crippen molar-refractivity contribution in [2.24, 2.45) is 17.8 Å². The molecule has 0 aromatic heterocycles. The number of benzene rings is 2. The Labute approximate surface area is 526 Å². The Morgan fingerprint density at radius 3 is 1.92 bits per heavy atom. The Morgan fingerprint density at radius 1 is 0.697 bits per heavy atom. The van der Waals surface area contributed by atoms with Crippen LogP contribution in [0.25, 0.3) is 0 Å². The van der Waals surface area contributed by atoms with Gasteiger partial charge < -0.3 is 34.6 Å². The Balaban J connectivity index is 1.18. The molecule has 89 heavy (non-hydrogen) atoms. The normalized spacial score (nSPS) is 17.4. The number of likely N-dealkylation sites (tertiary alicyclic amines) is 1. The molecule has 2 aliphatic heterocycles. The highest BCUT2D eigenvalue weighted by atomic mass is 16.8. The monoisotopic (exact) mass is 1260 g/mol. The van der Waals surface area contributed by atoms with Crippen LogP contribution < -0.4 is 43.5 Å². The van der Waals surface area contributed by atoms with E-state index in [1.165, 1.54) is 17.1 Å². The maximum atomic E-state index is 14.5. The van der Waals surface area contributed by atoms with Crippen molar-refractivity contribution < 1.29 is 72.0 Å². The third-order valence-electron chi connectivity index (χ3n) is 15.6. The van der Waals surface area contributed by atoms with Crippen molar-refractivity contribution >= 4 is 35.4 Å². The number of amides is 6.